The predicted octanol–water partition coefficient (Wildman–Crippen LogP) is 2.15. The van der Waals surface area contributed by atoms with E-state index in [0.717, 1.165) is 43.6 Å². The highest BCUT2D eigenvalue weighted by Gasteiger charge is 2.20. The molecule has 0 fully saturated rings. The fraction of sp³-hybridized carbons (Fsp3) is 0.636. The van der Waals surface area contributed by atoms with Gasteiger partial charge < -0.3 is 9.84 Å². The second-order valence-corrected chi connectivity index (χ2v) is 3.67. The number of allylic oxidation sites excluding steroid dienone is 2. The lowest BCUT2D eigenvalue weighted by Gasteiger charge is -2.20. The number of aliphatic hydroxyl groups excluding tert-OH is 1. The highest BCUT2D eigenvalue weighted by molar-refractivity contribution is 5.22. The molecule has 1 atom stereocenters. The molecule has 0 spiro atoms. The third kappa shape index (κ3) is 1.94. The molecule has 2 aliphatic rings. The number of aliphatic hydroxyl groups is 1. The van der Waals surface area contributed by atoms with E-state index in [1.165, 1.54) is 6.42 Å². The zero-order chi connectivity index (χ0) is 9.10. The summed E-state index contributed by atoms with van der Waals surface area (Å²) >= 11 is 0. The topological polar surface area (TPSA) is 29.5 Å². The number of hydrogen-bond donors (Lipinski definition) is 1. The van der Waals surface area contributed by atoms with Crippen LogP contribution in [-0.4, -0.2) is 17.8 Å². The molecule has 1 aliphatic heterocycles. The summed E-state index contributed by atoms with van der Waals surface area (Å²) in [4.78, 5) is 0. The Bertz CT molecular complexity index is 240. The minimum atomic E-state index is -0.456. The van der Waals surface area contributed by atoms with E-state index >= 15 is 0 Å². The zero-order valence-corrected chi connectivity index (χ0v) is 7.83. The average Bonchev–Trinajstić information content (AvgIpc) is 2.71. The summed E-state index contributed by atoms with van der Waals surface area (Å²) in [5, 5.41) is 9.91. The van der Waals surface area contributed by atoms with Crippen molar-refractivity contribution in [1.82, 2.24) is 0 Å². The number of hydrogen-bond acceptors (Lipinski definition) is 2. The summed E-state index contributed by atoms with van der Waals surface area (Å²) in [5.41, 5.74) is 1.15. The van der Waals surface area contributed by atoms with Crippen LogP contribution >= 0.6 is 0 Å². The second-order valence-electron chi connectivity index (χ2n) is 3.67. The fourth-order valence-electron chi connectivity index (χ4n) is 1.89. The largest absolute Gasteiger partial charge is 0.495 e. The molecular weight excluding hydrogens is 164 g/mol. The lowest BCUT2D eigenvalue weighted by Crippen LogP contribution is -2.17. The first-order valence-corrected chi connectivity index (χ1v) is 5.08. The standard InChI is InChI=1S/C11H16O2/c12-11(9-5-1-2-6-9)10-7-3-4-8-13-10/h5,7,11-12H,1-4,6,8H2. The van der Waals surface area contributed by atoms with Crippen molar-refractivity contribution < 1.29 is 9.84 Å². The van der Waals surface area contributed by atoms with Crippen molar-refractivity contribution in [2.45, 2.75) is 38.2 Å². The van der Waals surface area contributed by atoms with E-state index in [1.54, 1.807) is 0 Å². The van der Waals surface area contributed by atoms with Crippen molar-refractivity contribution in [1.29, 1.82) is 0 Å². The summed E-state index contributed by atoms with van der Waals surface area (Å²) in [6.45, 7) is 0.760. The summed E-state index contributed by atoms with van der Waals surface area (Å²) in [5.74, 6) is 0.777. The third-order valence-electron chi connectivity index (χ3n) is 2.66. The number of ether oxygens (including phenoxy) is 1. The molecule has 72 valence electrons. The van der Waals surface area contributed by atoms with Crippen LogP contribution in [-0.2, 0) is 4.74 Å². The zero-order valence-electron chi connectivity index (χ0n) is 7.83. The van der Waals surface area contributed by atoms with Crippen LogP contribution in [0.15, 0.2) is 23.5 Å². The maximum Gasteiger partial charge on any atom is 0.132 e. The van der Waals surface area contributed by atoms with E-state index in [1.807, 2.05) is 6.08 Å². The van der Waals surface area contributed by atoms with Crippen LogP contribution in [0.2, 0.25) is 0 Å². The van der Waals surface area contributed by atoms with Gasteiger partial charge in [0.15, 0.2) is 0 Å². The van der Waals surface area contributed by atoms with Gasteiger partial charge in [0, 0.05) is 0 Å². The van der Waals surface area contributed by atoms with Gasteiger partial charge in [-0.2, -0.15) is 0 Å². The summed E-state index contributed by atoms with van der Waals surface area (Å²) in [6, 6.07) is 0. The molecule has 2 rings (SSSR count). The summed E-state index contributed by atoms with van der Waals surface area (Å²) in [6.07, 6.45) is 9.15. The van der Waals surface area contributed by atoms with E-state index < -0.39 is 6.10 Å². The average molecular weight is 180 g/mol. The molecule has 0 amide bonds. The fourth-order valence-corrected chi connectivity index (χ4v) is 1.89. The Hall–Kier alpha value is -0.760. The van der Waals surface area contributed by atoms with Crippen LogP contribution in [0.5, 0.6) is 0 Å². The molecule has 0 aromatic carbocycles. The first-order chi connectivity index (χ1) is 6.38. The first kappa shape index (κ1) is 8.82. The Morgan fingerprint density at radius 2 is 2.08 bits per heavy atom. The van der Waals surface area contributed by atoms with Gasteiger partial charge in [-0.15, -0.1) is 0 Å². The van der Waals surface area contributed by atoms with Gasteiger partial charge >= 0.3 is 0 Å². The molecule has 1 unspecified atom stereocenters. The van der Waals surface area contributed by atoms with Crippen molar-refractivity contribution in [3.63, 3.8) is 0 Å². The minimum Gasteiger partial charge on any atom is -0.495 e. The van der Waals surface area contributed by atoms with Crippen molar-refractivity contribution in [2.75, 3.05) is 6.61 Å². The van der Waals surface area contributed by atoms with Gasteiger partial charge in [-0.1, -0.05) is 6.08 Å². The van der Waals surface area contributed by atoms with Crippen LogP contribution in [0.3, 0.4) is 0 Å². The molecule has 0 saturated carbocycles. The maximum absolute atomic E-state index is 9.91. The smallest absolute Gasteiger partial charge is 0.132 e. The lowest BCUT2D eigenvalue weighted by atomic mass is 10.1. The molecule has 0 aromatic heterocycles. The molecule has 1 aliphatic carbocycles. The van der Waals surface area contributed by atoms with Gasteiger partial charge in [0.05, 0.1) is 6.61 Å². The van der Waals surface area contributed by atoms with Gasteiger partial charge in [0.1, 0.15) is 11.9 Å². The molecule has 0 aromatic rings. The Morgan fingerprint density at radius 1 is 1.23 bits per heavy atom. The van der Waals surface area contributed by atoms with Gasteiger partial charge in [0.2, 0.25) is 0 Å². The Kier molecular flexibility index (Phi) is 2.69. The van der Waals surface area contributed by atoms with Crippen LogP contribution in [0.1, 0.15) is 32.1 Å². The monoisotopic (exact) mass is 180 g/mol. The predicted molar refractivity (Wildman–Crippen MR) is 51.2 cm³/mol. The molecule has 2 heteroatoms. The molecule has 13 heavy (non-hydrogen) atoms. The van der Waals surface area contributed by atoms with Crippen LogP contribution in [0.25, 0.3) is 0 Å². The van der Waals surface area contributed by atoms with Gasteiger partial charge in [0.25, 0.3) is 0 Å². The number of rotatable bonds is 2. The van der Waals surface area contributed by atoms with E-state index in [4.69, 9.17) is 4.74 Å². The molecule has 0 radical (unpaired) electrons. The Balaban J connectivity index is 2.02. The highest BCUT2D eigenvalue weighted by Crippen LogP contribution is 2.26. The molecule has 1 N–H and O–H groups in total. The van der Waals surface area contributed by atoms with Gasteiger partial charge in [-0.3, -0.25) is 0 Å². The Morgan fingerprint density at radius 3 is 2.69 bits per heavy atom. The maximum atomic E-state index is 9.91. The normalized spacial score (nSPS) is 24.7. The van der Waals surface area contributed by atoms with Crippen molar-refractivity contribution >= 4 is 0 Å². The van der Waals surface area contributed by atoms with E-state index in [-0.39, 0.29) is 0 Å². The second kappa shape index (κ2) is 3.97. The van der Waals surface area contributed by atoms with Crippen molar-refractivity contribution in [3.05, 3.63) is 23.5 Å². The first-order valence-electron chi connectivity index (χ1n) is 5.08. The SMILES string of the molecule is OC(C1=CCCC1)C1=CCCCO1. The summed E-state index contributed by atoms with van der Waals surface area (Å²) < 4.78 is 5.42. The van der Waals surface area contributed by atoms with E-state index in [9.17, 15) is 5.11 Å². The molecule has 1 heterocycles. The van der Waals surface area contributed by atoms with Crippen LogP contribution < -0.4 is 0 Å². The lowest BCUT2D eigenvalue weighted by molar-refractivity contribution is 0.109. The Labute approximate surface area is 78.9 Å². The van der Waals surface area contributed by atoms with Crippen molar-refractivity contribution in [3.8, 4) is 0 Å². The highest BCUT2D eigenvalue weighted by atomic mass is 16.5. The van der Waals surface area contributed by atoms with E-state index in [2.05, 4.69) is 6.08 Å². The van der Waals surface area contributed by atoms with Gasteiger partial charge in [-0.25, -0.2) is 0 Å². The molecule has 0 bridgehead atoms. The molecule has 2 nitrogen and oxygen atoms in total. The van der Waals surface area contributed by atoms with Crippen LogP contribution in [0.4, 0.5) is 0 Å². The quantitative estimate of drug-likeness (QED) is 0.660. The third-order valence-corrected chi connectivity index (χ3v) is 2.66. The molecular formula is C11H16O2. The minimum absolute atomic E-state index is 0.456. The van der Waals surface area contributed by atoms with E-state index in [0.29, 0.717) is 0 Å². The summed E-state index contributed by atoms with van der Waals surface area (Å²) in [7, 11) is 0. The van der Waals surface area contributed by atoms with Crippen molar-refractivity contribution in [2.24, 2.45) is 0 Å². The van der Waals surface area contributed by atoms with Gasteiger partial charge in [-0.05, 0) is 43.8 Å². The van der Waals surface area contributed by atoms with Crippen LogP contribution in [0, 0.1) is 0 Å². The molecule has 0 saturated heterocycles.